The Kier molecular flexibility index (Phi) is 6.59. The molecule has 5 N–H and O–H groups in total. The second-order valence-electron chi connectivity index (χ2n) is 4.39. The van der Waals surface area contributed by atoms with E-state index in [0.717, 1.165) is 25.7 Å². The van der Waals surface area contributed by atoms with Gasteiger partial charge >= 0.3 is 0 Å². The third-order valence-corrected chi connectivity index (χ3v) is 2.59. The number of unbranched alkanes of at least 4 members (excludes halogenated alkanes) is 3. The van der Waals surface area contributed by atoms with Crippen LogP contribution < -0.4 is 16.8 Å². The SMILES string of the molecule is NCCCCCCC(=O)Nc1cnn(CC(N)=O)c1. The lowest BCUT2D eigenvalue weighted by Crippen LogP contribution is -2.18. The minimum absolute atomic E-state index is 0.00889. The molecule has 0 saturated carbocycles. The normalized spacial score (nSPS) is 10.4. The Balaban J connectivity index is 2.24. The van der Waals surface area contributed by atoms with Crippen LogP contribution in [-0.2, 0) is 16.1 Å². The van der Waals surface area contributed by atoms with Gasteiger partial charge in [0, 0.05) is 12.6 Å². The topological polar surface area (TPSA) is 116 Å². The number of nitrogens with one attached hydrogen (secondary N) is 1. The van der Waals surface area contributed by atoms with Crippen LogP contribution in [0, 0.1) is 0 Å². The lowest BCUT2D eigenvalue weighted by Gasteiger charge is -2.02. The van der Waals surface area contributed by atoms with E-state index in [1.165, 1.54) is 10.9 Å². The van der Waals surface area contributed by atoms with E-state index in [1.54, 1.807) is 6.20 Å². The van der Waals surface area contributed by atoms with Crippen molar-refractivity contribution in [3.8, 4) is 0 Å². The summed E-state index contributed by atoms with van der Waals surface area (Å²) in [6.07, 6.45) is 7.46. The fourth-order valence-corrected chi connectivity index (χ4v) is 1.68. The highest BCUT2D eigenvalue weighted by Crippen LogP contribution is 2.08. The largest absolute Gasteiger partial charge is 0.368 e. The van der Waals surface area contributed by atoms with E-state index < -0.39 is 5.91 Å². The van der Waals surface area contributed by atoms with E-state index in [-0.39, 0.29) is 12.5 Å². The molecule has 0 atom stereocenters. The molecule has 7 heteroatoms. The molecule has 0 spiro atoms. The number of aromatic nitrogens is 2. The number of nitrogens with zero attached hydrogens (tertiary/aromatic N) is 2. The monoisotopic (exact) mass is 267 g/mol. The minimum atomic E-state index is -0.471. The molecule has 1 aromatic rings. The molecule has 19 heavy (non-hydrogen) atoms. The van der Waals surface area contributed by atoms with Crippen LogP contribution >= 0.6 is 0 Å². The highest BCUT2D eigenvalue weighted by Gasteiger charge is 2.05. The molecule has 0 aromatic carbocycles. The van der Waals surface area contributed by atoms with Crippen molar-refractivity contribution in [2.75, 3.05) is 11.9 Å². The maximum Gasteiger partial charge on any atom is 0.239 e. The first-order valence-electron chi connectivity index (χ1n) is 6.42. The zero-order valence-electron chi connectivity index (χ0n) is 11.0. The van der Waals surface area contributed by atoms with Gasteiger partial charge in [-0.25, -0.2) is 0 Å². The number of amides is 2. The summed E-state index contributed by atoms with van der Waals surface area (Å²) in [6, 6.07) is 0. The van der Waals surface area contributed by atoms with E-state index in [0.29, 0.717) is 18.7 Å². The predicted octanol–water partition coefficient (Wildman–Crippen LogP) is 0.216. The molecule has 0 aliphatic carbocycles. The summed E-state index contributed by atoms with van der Waals surface area (Å²) < 4.78 is 1.39. The molecule has 0 radical (unpaired) electrons. The van der Waals surface area contributed by atoms with Gasteiger partial charge in [0.05, 0.1) is 11.9 Å². The highest BCUT2D eigenvalue weighted by molar-refractivity contribution is 5.90. The molecule has 1 aromatic heterocycles. The molecule has 0 bridgehead atoms. The van der Waals surface area contributed by atoms with E-state index in [2.05, 4.69) is 10.4 Å². The Labute approximate surface area is 112 Å². The van der Waals surface area contributed by atoms with Crippen LogP contribution in [0.5, 0.6) is 0 Å². The molecule has 106 valence electrons. The fraction of sp³-hybridized carbons (Fsp3) is 0.583. The van der Waals surface area contributed by atoms with Gasteiger partial charge in [-0.15, -0.1) is 0 Å². The Morgan fingerprint density at radius 2 is 2.00 bits per heavy atom. The maximum atomic E-state index is 11.6. The van der Waals surface area contributed by atoms with Crippen LogP contribution in [0.25, 0.3) is 0 Å². The molecule has 0 fully saturated rings. The molecular weight excluding hydrogens is 246 g/mol. The lowest BCUT2D eigenvalue weighted by atomic mass is 10.1. The number of carbonyl (C=O) groups is 2. The van der Waals surface area contributed by atoms with Gasteiger partial charge in [0.2, 0.25) is 11.8 Å². The molecule has 1 heterocycles. The Morgan fingerprint density at radius 1 is 1.26 bits per heavy atom. The van der Waals surface area contributed by atoms with Gasteiger partial charge in [0.25, 0.3) is 0 Å². The summed E-state index contributed by atoms with van der Waals surface area (Å²) in [7, 11) is 0. The van der Waals surface area contributed by atoms with Crippen LogP contribution in [0.15, 0.2) is 12.4 Å². The van der Waals surface area contributed by atoms with Crippen molar-refractivity contribution in [2.24, 2.45) is 11.5 Å². The van der Waals surface area contributed by atoms with Crippen molar-refractivity contribution in [2.45, 2.75) is 38.6 Å². The summed E-state index contributed by atoms with van der Waals surface area (Å²) in [5, 5.41) is 6.64. The van der Waals surface area contributed by atoms with Crippen molar-refractivity contribution >= 4 is 17.5 Å². The molecule has 0 saturated heterocycles. The summed E-state index contributed by atoms with van der Waals surface area (Å²) in [5.74, 6) is -0.521. The number of anilines is 1. The van der Waals surface area contributed by atoms with Gasteiger partial charge in [-0.1, -0.05) is 12.8 Å². The first-order chi connectivity index (χ1) is 9.11. The quantitative estimate of drug-likeness (QED) is 0.555. The lowest BCUT2D eigenvalue weighted by molar-refractivity contribution is -0.118. The fourth-order valence-electron chi connectivity index (χ4n) is 1.68. The minimum Gasteiger partial charge on any atom is -0.368 e. The van der Waals surface area contributed by atoms with Crippen molar-refractivity contribution in [1.29, 1.82) is 0 Å². The molecule has 0 aliphatic heterocycles. The van der Waals surface area contributed by atoms with Crippen LogP contribution in [0.1, 0.15) is 32.1 Å². The van der Waals surface area contributed by atoms with Gasteiger partial charge in [-0.05, 0) is 19.4 Å². The summed E-state index contributed by atoms with van der Waals surface area (Å²) in [5.41, 5.74) is 11.0. The number of primary amides is 1. The zero-order valence-corrected chi connectivity index (χ0v) is 11.0. The van der Waals surface area contributed by atoms with Gasteiger partial charge in [-0.3, -0.25) is 14.3 Å². The summed E-state index contributed by atoms with van der Waals surface area (Å²) in [4.78, 5) is 22.3. The molecular formula is C12H21N5O2. The molecule has 0 aliphatic rings. The van der Waals surface area contributed by atoms with E-state index in [4.69, 9.17) is 11.5 Å². The second kappa shape index (κ2) is 8.25. The van der Waals surface area contributed by atoms with Crippen LogP contribution in [0.3, 0.4) is 0 Å². The van der Waals surface area contributed by atoms with Gasteiger partial charge in [-0.2, -0.15) is 5.10 Å². The van der Waals surface area contributed by atoms with Crippen molar-refractivity contribution in [3.05, 3.63) is 12.4 Å². The third-order valence-electron chi connectivity index (χ3n) is 2.59. The maximum absolute atomic E-state index is 11.6. The molecule has 1 rings (SSSR count). The molecule has 7 nitrogen and oxygen atoms in total. The molecule has 0 unspecified atom stereocenters. The number of nitrogens with two attached hydrogens (primary N) is 2. The highest BCUT2D eigenvalue weighted by atomic mass is 16.2. The van der Waals surface area contributed by atoms with Crippen LogP contribution in [-0.4, -0.2) is 28.1 Å². The summed E-state index contributed by atoms with van der Waals surface area (Å²) >= 11 is 0. The van der Waals surface area contributed by atoms with Crippen LogP contribution in [0.2, 0.25) is 0 Å². The van der Waals surface area contributed by atoms with Crippen LogP contribution in [0.4, 0.5) is 5.69 Å². The Bertz CT molecular complexity index is 416. The third kappa shape index (κ3) is 6.56. The number of hydrogen-bond acceptors (Lipinski definition) is 4. The van der Waals surface area contributed by atoms with Crippen molar-refractivity contribution < 1.29 is 9.59 Å². The first-order valence-corrected chi connectivity index (χ1v) is 6.42. The van der Waals surface area contributed by atoms with Gasteiger partial charge in [0.1, 0.15) is 6.54 Å². The van der Waals surface area contributed by atoms with Gasteiger partial charge in [0.15, 0.2) is 0 Å². The number of carbonyl (C=O) groups excluding carboxylic acids is 2. The van der Waals surface area contributed by atoms with E-state index >= 15 is 0 Å². The number of rotatable bonds is 9. The second-order valence-corrected chi connectivity index (χ2v) is 4.39. The smallest absolute Gasteiger partial charge is 0.239 e. The zero-order chi connectivity index (χ0) is 14.1. The first kappa shape index (κ1) is 15.2. The number of hydrogen-bond donors (Lipinski definition) is 3. The van der Waals surface area contributed by atoms with E-state index in [9.17, 15) is 9.59 Å². The van der Waals surface area contributed by atoms with E-state index in [1.807, 2.05) is 0 Å². The average Bonchev–Trinajstić information content (AvgIpc) is 2.75. The van der Waals surface area contributed by atoms with Crippen molar-refractivity contribution in [1.82, 2.24) is 9.78 Å². The Hall–Kier alpha value is -1.89. The van der Waals surface area contributed by atoms with Gasteiger partial charge < -0.3 is 16.8 Å². The Morgan fingerprint density at radius 3 is 2.68 bits per heavy atom. The average molecular weight is 267 g/mol. The molecule has 2 amide bonds. The van der Waals surface area contributed by atoms with Crippen molar-refractivity contribution in [3.63, 3.8) is 0 Å². The standard InChI is InChI=1S/C12H21N5O2/c13-6-4-2-1-3-5-12(19)16-10-7-15-17(8-10)9-11(14)18/h7-8H,1-6,9,13H2,(H2,14,18)(H,16,19). The summed E-state index contributed by atoms with van der Waals surface area (Å²) in [6.45, 7) is 0.709. The predicted molar refractivity (Wildman–Crippen MR) is 72.2 cm³/mol.